The number of nitrogens with zero attached hydrogens (tertiary/aromatic N) is 1. The number of rotatable bonds is 4. The fourth-order valence-corrected chi connectivity index (χ4v) is 3.92. The molecule has 2 aromatic carbocycles. The van der Waals surface area contributed by atoms with E-state index in [1.165, 1.54) is 23.4 Å². The molecule has 1 aromatic heterocycles. The third kappa shape index (κ3) is 3.21. The van der Waals surface area contributed by atoms with Crippen LogP contribution in [0, 0.1) is 6.92 Å². The molecule has 0 unspecified atom stereocenters. The van der Waals surface area contributed by atoms with Crippen molar-refractivity contribution in [2.75, 3.05) is 11.4 Å². The Balaban J connectivity index is 1.43. The molecular formula is C22H23N3O2. The lowest BCUT2D eigenvalue weighted by Crippen LogP contribution is -2.47. The number of hydrogen-bond acceptors (Lipinski definition) is 2. The van der Waals surface area contributed by atoms with E-state index < -0.39 is 6.04 Å². The number of para-hydroxylation sites is 1. The molecule has 0 saturated heterocycles. The number of hydrogen-bond donors (Lipinski definition) is 2. The number of carbonyl (C=O) groups is 2. The summed E-state index contributed by atoms with van der Waals surface area (Å²) in [6, 6.07) is 13.6. The molecule has 2 amide bonds. The van der Waals surface area contributed by atoms with Gasteiger partial charge in [-0.3, -0.25) is 14.5 Å². The zero-order valence-corrected chi connectivity index (χ0v) is 15.6. The van der Waals surface area contributed by atoms with Gasteiger partial charge in [0.2, 0.25) is 11.8 Å². The Bertz CT molecular complexity index is 1020. The first kappa shape index (κ1) is 17.3. The molecular weight excluding hydrogens is 338 g/mol. The predicted molar refractivity (Wildman–Crippen MR) is 107 cm³/mol. The second-order valence-electron chi connectivity index (χ2n) is 7.14. The summed E-state index contributed by atoms with van der Waals surface area (Å²) < 4.78 is 0. The highest BCUT2D eigenvalue weighted by Crippen LogP contribution is 2.32. The number of fused-ring (bicyclic) bond motifs is 2. The summed E-state index contributed by atoms with van der Waals surface area (Å²) in [6.45, 7) is 4.13. The number of H-pyrrole nitrogens is 1. The summed E-state index contributed by atoms with van der Waals surface area (Å²) in [4.78, 5) is 29.8. The number of nitrogens with one attached hydrogen (secondary N) is 2. The highest BCUT2D eigenvalue weighted by molar-refractivity contribution is 6.02. The zero-order valence-electron chi connectivity index (χ0n) is 15.6. The maximum Gasteiger partial charge on any atom is 0.243 e. The monoisotopic (exact) mass is 361 g/mol. The molecule has 1 aliphatic heterocycles. The van der Waals surface area contributed by atoms with E-state index in [0.29, 0.717) is 13.0 Å². The van der Waals surface area contributed by atoms with Crippen LogP contribution in [0.3, 0.4) is 0 Å². The van der Waals surface area contributed by atoms with Crippen LogP contribution >= 0.6 is 0 Å². The van der Waals surface area contributed by atoms with Gasteiger partial charge in [0.05, 0.1) is 0 Å². The third-order valence-electron chi connectivity index (χ3n) is 5.23. The number of benzene rings is 2. The summed E-state index contributed by atoms with van der Waals surface area (Å²) >= 11 is 0. The fraction of sp³-hybridized carbons (Fsp3) is 0.273. The van der Waals surface area contributed by atoms with Crippen LogP contribution < -0.4 is 10.2 Å². The Morgan fingerprint density at radius 3 is 2.85 bits per heavy atom. The molecule has 0 radical (unpaired) electrons. The Hall–Kier alpha value is -3.08. The molecule has 4 rings (SSSR count). The van der Waals surface area contributed by atoms with Gasteiger partial charge in [0.1, 0.15) is 6.04 Å². The largest absolute Gasteiger partial charge is 0.361 e. The molecule has 0 bridgehead atoms. The van der Waals surface area contributed by atoms with E-state index in [4.69, 9.17) is 0 Å². The van der Waals surface area contributed by atoms with Crippen LogP contribution in [0.2, 0.25) is 0 Å². The van der Waals surface area contributed by atoms with Gasteiger partial charge in [-0.1, -0.05) is 29.8 Å². The number of aryl methyl sites for hydroxylation is 1. The van der Waals surface area contributed by atoms with Crippen LogP contribution in [-0.4, -0.2) is 29.4 Å². The molecule has 0 spiro atoms. The van der Waals surface area contributed by atoms with Crippen LogP contribution in [0.5, 0.6) is 0 Å². The molecule has 0 saturated carbocycles. The molecule has 0 aliphatic carbocycles. The van der Waals surface area contributed by atoms with Crippen molar-refractivity contribution < 1.29 is 9.59 Å². The Morgan fingerprint density at radius 1 is 1.22 bits per heavy atom. The zero-order chi connectivity index (χ0) is 19.0. The van der Waals surface area contributed by atoms with Crippen molar-refractivity contribution in [1.29, 1.82) is 0 Å². The maximum atomic E-state index is 12.8. The first-order chi connectivity index (χ1) is 13.0. The van der Waals surface area contributed by atoms with Gasteiger partial charge in [-0.05, 0) is 42.7 Å². The highest BCUT2D eigenvalue weighted by atomic mass is 16.2. The standard InChI is InChI=1S/C22H23N3O2/c1-14-7-8-19-18(11-14)17(13-24-19)9-10-23-22(27)21-12-16-5-3-4-6-20(16)25(21)15(2)26/h3-8,11,13,21,24H,9-10,12H2,1-2H3,(H,23,27)/t21-/m0/s1. The minimum Gasteiger partial charge on any atom is -0.361 e. The SMILES string of the molecule is CC(=O)N1c2ccccc2C[C@H]1C(=O)NCCc1c[nH]c2ccc(C)cc12. The number of amides is 2. The molecule has 1 aliphatic rings. The van der Waals surface area contributed by atoms with Gasteiger partial charge >= 0.3 is 0 Å². The number of aromatic amines is 1. The van der Waals surface area contributed by atoms with Crippen molar-refractivity contribution in [2.24, 2.45) is 0 Å². The average molecular weight is 361 g/mol. The highest BCUT2D eigenvalue weighted by Gasteiger charge is 2.36. The smallest absolute Gasteiger partial charge is 0.243 e. The molecule has 2 N–H and O–H groups in total. The normalized spacial score (nSPS) is 15.8. The Morgan fingerprint density at radius 2 is 2.04 bits per heavy atom. The van der Waals surface area contributed by atoms with E-state index in [1.807, 2.05) is 30.5 Å². The van der Waals surface area contributed by atoms with E-state index >= 15 is 0 Å². The summed E-state index contributed by atoms with van der Waals surface area (Å²) in [5.41, 5.74) is 5.40. The minimum absolute atomic E-state index is 0.0996. The van der Waals surface area contributed by atoms with Gasteiger partial charge in [0.25, 0.3) is 0 Å². The van der Waals surface area contributed by atoms with E-state index in [-0.39, 0.29) is 11.8 Å². The van der Waals surface area contributed by atoms with Crippen molar-refractivity contribution in [2.45, 2.75) is 32.7 Å². The van der Waals surface area contributed by atoms with Crippen molar-refractivity contribution in [1.82, 2.24) is 10.3 Å². The minimum atomic E-state index is -0.467. The van der Waals surface area contributed by atoms with Crippen LogP contribution in [0.1, 0.15) is 23.6 Å². The van der Waals surface area contributed by atoms with E-state index in [2.05, 4.69) is 35.4 Å². The van der Waals surface area contributed by atoms with Crippen molar-refractivity contribution in [3.8, 4) is 0 Å². The third-order valence-corrected chi connectivity index (χ3v) is 5.23. The van der Waals surface area contributed by atoms with Gasteiger partial charge < -0.3 is 10.3 Å². The molecule has 5 nitrogen and oxygen atoms in total. The van der Waals surface area contributed by atoms with Gasteiger partial charge in [0.15, 0.2) is 0 Å². The summed E-state index contributed by atoms with van der Waals surface area (Å²) in [5, 5.41) is 4.21. The summed E-state index contributed by atoms with van der Waals surface area (Å²) in [7, 11) is 0. The van der Waals surface area contributed by atoms with Crippen LogP contribution in [0.15, 0.2) is 48.7 Å². The average Bonchev–Trinajstić information content (AvgIpc) is 3.23. The van der Waals surface area contributed by atoms with Crippen molar-refractivity contribution in [3.05, 3.63) is 65.4 Å². The van der Waals surface area contributed by atoms with Crippen molar-refractivity contribution >= 4 is 28.4 Å². The number of anilines is 1. The molecule has 138 valence electrons. The first-order valence-electron chi connectivity index (χ1n) is 9.26. The fourth-order valence-electron chi connectivity index (χ4n) is 3.92. The topological polar surface area (TPSA) is 65.2 Å². The maximum absolute atomic E-state index is 12.8. The Kier molecular flexibility index (Phi) is 4.44. The molecule has 3 aromatic rings. The molecule has 1 atom stereocenters. The lowest BCUT2D eigenvalue weighted by molar-refractivity contribution is -0.125. The first-order valence-corrected chi connectivity index (χ1v) is 9.26. The summed E-state index contributed by atoms with van der Waals surface area (Å²) in [6.07, 6.45) is 3.31. The van der Waals surface area contributed by atoms with Gasteiger partial charge in [-0.15, -0.1) is 0 Å². The molecule has 0 fully saturated rings. The summed E-state index contributed by atoms with van der Waals surface area (Å²) in [5.74, 6) is -0.204. The lowest BCUT2D eigenvalue weighted by atomic mass is 10.1. The second kappa shape index (κ2) is 6.91. The number of aromatic nitrogens is 1. The van der Waals surface area contributed by atoms with E-state index in [1.54, 1.807) is 4.90 Å². The van der Waals surface area contributed by atoms with E-state index in [0.717, 1.165) is 23.2 Å². The van der Waals surface area contributed by atoms with Gasteiger partial charge in [0, 0.05) is 42.7 Å². The lowest BCUT2D eigenvalue weighted by Gasteiger charge is -2.23. The van der Waals surface area contributed by atoms with Gasteiger partial charge in [-0.25, -0.2) is 0 Å². The predicted octanol–water partition coefficient (Wildman–Crippen LogP) is 3.11. The second-order valence-corrected chi connectivity index (χ2v) is 7.14. The number of carbonyl (C=O) groups excluding carboxylic acids is 2. The Labute approximate surface area is 158 Å². The van der Waals surface area contributed by atoms with Gasteiger partial charge in [-0.2, -0.15) is 0 Å². The van der Waals surface area contributed by atoms with Crippen LogP contribution in [0.4, 0.5) is 5.69 Å². The quantitative estimate of drug-likeness (QED) is 0.750. The van der Waals surface area contributed by atoms with E-state index in [9.17, 15) is 9.59 Å². The molecule has 2 heterocycles. The van der Waals surface area contributed by atoms with Crippen LogP contribution in [0.25, 0.3) is 10.9 Å². The molecule has 5 heteroatoms. The molecule has 27 heavy (non-hydrogen) atoms. The van der Waals surface area contributed by atoms with Crippen molar-refractivity contribution in [3.63, 3.8) is 0 Å². The van der Waals surface area contributed by atoms with Crippen LogP contribution in [-0.2, 0) is 22.4 Å².